The highest BCUT2D eigenvalue weighted by molar-refractivity contribution is 6.44. The average Bonchev–Trinajstić information content (AvgIpc) is 2.45. The second kappa shape index (κ2) is 8.37. The van der Waals surface area contributed by atoms with Crippen molar-refractivity contribution in [3.63, 3.8) is 0 Å². The van der Waals surface area contributed by atoms with E-state index in [4.69, 9.17) is 39.5 Å². The lowest BCUT2D eigenvalue weighted by Gasteiger charge is -2.27. The first-order valence-corrected chi connectivity index (χ1v) is 8.33. The van der Waals surface area contributed by atoms with Gasteiger partial charge in [0.2, 0.25) is 5.91 Å². The van der Waals surface area contributed by atoms with Crippen LogP contribution in [0.1, 0.15) is 19.3 Å². The second-order valence-electron chi connectivity index (χ2n) is 5.48. The summed E-state index contributed by atoms with van der Waals surface area (Å²) >= 11 is 17.8. The van der Waals surface area contributed by atoms with Crippen LogP contribution in [0.2, 0.25) is 15.1 Å². The van der Waals surface area contributed by atoms with Gasteiger partial charge in [0.1, 0.15) is 0 Å². The van der Waals surface area contributed by atoms with Crippen LogP contribution in [0.3, 0.4) is 0 Å². The number of carbonyl (C=O) groups is 1. The van der Waals surface area contributed by atoms with E-state index in [0.29, 0.717) is 20.8 Å². The van der Waals surface area contributed by atoms with Crippen LogP contribution in [0.15, 0.2) is 12.1 Å². The normalized spacial score (nSPS) is 18.5. The number of hydrogen-bond donors (Lipinski definition) is 1. The molecule has 1 aliphatic heterocycles. The maximum Gasteiger partial charge on any atom is 0.238 e. The predicted octanol–water partition coefficient (Wildman–Crippen LogP) is 4.09. The van der Waals surface area contributed by atoms with Gasteiger partial charge in [-0.25, -0.2) is 0 Å². The molecule has 0 aliphatic carbocycles. The Morgan fingerprint density at radius 2 is 2.00 bits per heavy atom. The van der Waals surface area contributed by atoms with Gasteiger partial charge in [-0.3, -0.25) is 9.69 Å². The van der Waals surface area contributed by atoms with Crippen LogP contribution in [0, 0.1) is 0 Å². The van der Waals surface area contributed by atoms with Gasteiger partial charge in [-0.2, -0.15) is 0 Å². The Labute approximate surface area is 145 Å². The molecule has 122 valence electrons. The minimum atomic E-state index is -0.154. The lowest BCUT2D eigenvalue weighted by atomic mass is 10.1. The van der Waals surface area contributed by atoms with E-state index in [1.165, 1.54) is 12.5 Å². The van der Waals surface area contributed by atoms with Crippen LogP contribution in [-0.4, -0.2) is 43.7 Å². The van der Waals surface area contributed by atoms with Gasteiger partial charge in [0.15, 0.2) is 0 Å². The number of ether oxygens (including phenoxy) is 1. The number of benzene rings is 1. The summed E-state index contributed by atoms with van der Waals surface area (Å²) in [6, 6.07) is 3.06. The largest absolute Gasteiger partial charge is 0.377 e. The van der Waals surface area contributed by atoms with Crippen molar-refractivity contribution in [3.8, 4) is 0 Å². The summed E-state index contributed by atoms with van der Waals surface area (Å²) in [6.07, 6.45) is 3.56. The number of nitrogens with one attached hydrogen (secondary N) is 1. The third kappa shape index (κ3) is 5.28. The van der Waals surface area contributed by atoms with Gasteiger partial charge >= 0.3 is 0 Å². The van der Waals surface area contributed by atoms with E-state index >= 15 is 0 Å². The number of rotatable bonds is 5. The van der Waals surface area contributed by atoms with E-state index in [-0.39, 0.29) is 18.6 Å². The van der Waals surface area contributed by atoms with Gasteiger partial charge in [0.05, 0.1) is 33.4 Å². The molecule has 1 amide bonds. The van der Waals surface area contributed by atoms with Crippen molar-refractivity contribution in [1.82, 2.24) is 4.90 Å². The highest BCUT2D eigenvalue weighted by Crippen LogP contribution is 2.32. The molecule has 1 aromatic carbocycles. The van der Waals surface area contributed by atoms with Crippen molar-refractivity contribution < 1.29 is 9.53 Å². The van der Waals surface area contributed by atoms with Crippen molar-refractivity contribution in [2.75, 3.05) is 32.1 Å². The van der Waals surface area contributed by atoms with Gasteiger partial charge < -0.3 is 10.1 Å². The smallest absolute Gasteiger partial charge is 0.238 e. The lowest BCUT2D eigenvalue weighted by Crippen LogP contribution is -2.37. The number of hydrogen-bond acceptors (Lipinski definition) is 3. The Bertz CT molecular complexity index is 534. The van der Waals surface area contributed by atoms with Gasteiger partial charge in [-0.1, -0.05) is 34.8 Å². The number of nitrogens with zero attached hydrogens (tertiary/aromatic N) is 1. The molecule has 1 saturated heterocycles. The third-order valence-corrected chi connectivity index (χ3v) is 4.52. The molecule has 0 aromatic heterocycles. The van der Waals surface area contributed by atoms with Gasteiger partial charge in [0, 0.05) is 13.2 Å². The first kappa shape index (κ1) is 17.8. The maximum absolute atomic E-state index is 12.1. The molecule has 1 fully saturated rings. The zero-order valence-corrected chi connectivity index (χ0v) is 14.6. The first-order chi connectivity index (χ1) is 10.5. The quantitative estimate of drug-likeness (QED) is 0.799. The minimum Gasteiger partial charge on any atom is -0.377 e. The monoisotopic (exact) mass is 364 g/mol. The van der Waals surface area contributed by atoms with Gasteiger partial charge in [-0.15, -0.1) is 0 Å². The standard InChI is InChI=1S/C15H19Cl3N2O2/c1-20(8-10-4-2-3-5-22-10)9-15(21)19-14-7-12(17)11(16)6-13(14)18/h6-7,10H,2-5,8-9H2,1H3,(H,19,21). The van der Waals surface area contributed by atoms with Crippen LogP contribution in [0.5, 0.6) is 0 Å². The molecule has 1 N–H and O–H groups in total. The SMILES string of the molecule is CN(CC(=O)Nc1cc(Cl)c(Cl)cc1Cl)CC1CCCCO1. The van der Waals surface area contributed by atoms with Crippen LogP contribution < -0.4 is 5.32 Å². The molecule has 1 aromatic rings. The summed E-state index contributed by atoms with van der Waals surface area (Å²) in [5.41, 5.74) is 0.461. The first-order valence-electron chi connectivity index (χ1n) is 7.20. The molecular formula is C15H19Cl3N2O2. The third-order valence-electron chi connectivity index (χ3n) is 3.49. The fraction of sp³-hybridized carbons (Fsp3) is 0.533. The van der Waals surface area contributed by atoms with E-state index in [9.17, 15) is 4.79 Å². The summed E-state index contributed by atoms with van der Waals surface area (Å²) in [5.74, 6) is -0.154. The highest BCUT2D eigenvalue weighted by atomic mass is 35.5. The topological polar surface area (TPSA) is 41.6 Å². The van der Waals surface area contributed by atoms with Crippen molar-refractivity contribution >= 4 is 46.4 Å². The molecule has 1 unspecified atom stereocenters. The summed E-state index contributed by atoms with van der Waals surface area (Å²) in [4.78, 5) is 14.0. The predicted molar refractivity (Wildman–Crippen MR) is 91.2 cm³/mol. The highest BCUT2D eigenvalue weighted by Gasteiger charge is 2.17. The van der Waals surface area contributed by atoms with Crippen molar-refractivity contribution in [2.24, 2.45) is 0 Å². The lowest BCUT2D eigenvalue weighted by molar-refractivity contribution is -0.117. The van der Waals surface area contributed by atoms with Crippen molar-refractivity contribution in [1.29, 1.82) is 0 Å². The molecule has 0 spiro atoms. The van der Waals surface area contributed by atoms with Crippen LogP contribution >= 0.6 is 34.8 Å². The van der Waals surface area contributed by atoms with E-state index in [1.807, 2.05) is 11.9 Å². The zero-order valence-electron chi connectivity index (χ0n) is 12.4. The Morgan fingerprint density at radius 1 is 1.27 bits per heavy atom. The molecule has 0 saturated carbocycles. The fourth-order valence-corrected chi connectivity index (χ4v) is 3.01. The number of carbonyl (C=O) groups excluding carboxylic acids is 1. The second-order valence-corrected chi connectivity index (χ2v) is 6.70. The Morgan fingerprint density at radius 3 is 2.68 bits per heavy atom. The summed E-state index contributed by atoms with van der Waals surface area (Å²) < 4.78 is 5.67. The molecule has 0 radical (unpaired) electrons. The van der Waals surface area contributed by atoms with Crippen LogP contribution in [0.4, 0.5) is 5.69 Å². The Hall–Kier alpha value is -0.520. The molecule has 1 atom stereocenters. The Kier molecular flexibility index (Phi) is 6.78. The van der Waals surface area contributed by atoms with Gasteiger partial charge in [-0.05, 0) is 38.4 Å². The molecule has 1 aliphatic rings. The molecule has 0 bridgehead atoms. The van der Waals surface area contributed by atoms with E-state index < -0.39 is 0 Å². The molecule has 2 rings (SSSR count). The van der Waals surface area contributed by atoms with E-state index in [2.05, 4.69) is 5.32 Å². The average molecular weight is 366 g/mol. The minimum absolute atomic E-state index is 0.154. The van der Waals surface area contributed by atoms with E-state index in [1.54, 1.807) is 6.07 Å². The van der Waals surface area contributed by atoms with Crippen molar-refractivity contribution in [3.05, 3.63) is 27.2 Å². The molecular weight excluding hydrogens is 347 g/mol. The number of halogens is 3. The maximum atomic E-state index is 12.1. The summed E-state index contributed by atoms with van der Waals surface area (Å²) in [7, 11) is 1.90. The summed E-state index contributed by atoms with van der Waals surface area (Å²) in [6.45, 7) is 1.81. The van der Waals surface area contributed by atoms with Crippen LogP contribution in [-0.2, 0) is 9.53 Å². The van der Waals surface area contributed by atoms with E-state index in [0.717, 1.165) is 26.0 Å². The van der Waals surface area contributed by atoms with Gasteiger partial charge in [0.25, 0.3) is 0 Å². The Balaban J connectivity index is 1.85. The number of likely N-dealkylation sites (N-methyl/N-ethyl adjacent to an activating group) is 1. The summed E-state index contributed by atoms with van der Waals surface area (Å²) in [5, 5.41) is 3.82. The fourth-order valence-electron chi connectivity index (χ4n) is 2.42. The zero-order chi connectivity index (χ0) is 16.1. The molecule has 4 nitrogen and oxygen atoms in total. The number of anilines is 1. The molecule has 7 heteroatoms. The molecule has 22 heavy (non-hydrogen) atoms. The van der Waals surface area contributed by atoms with Crippen LogP contribution in [0.25, 0.3) is 0 Å². The van der Waals surface area contributed by atoms with Crippen molar-refractivity contribution in [2.45, 2.75) is 25.4 Å². The molecule has 1 heterocycles. The number of amides is 1.